The van der Waals surface area contributed by atoms with Crippen molar-refractivity contribution >= 4 is 10.9 Å². The van der Waals surface area contributed by atoms with Crippen molar-refractivity contribution in [2.45, 2.75) is 6.61 Å². The van der Waals surface area contributed by atoms with Gasteiger partial charge in [-0.3, -0.25) is 9.67 Å². The number of pyridine rings is 1. The van der Waals surface area contributed by atoms with E-state index in [9.17, 15) is 5.11 Å². The van der Waals surface area contributed by atoms with E-state index in [-0.39, 0.29) is 12.6 Å². The largest absolute Gasteiger partial charge is 0.422 e. The predicted molar refractivity (Wildman–Crippen MR) is 68.7 cm³/mol. The zero-order chi connectivity index (χ0) is 13.2. The Morgan fingerprint density at radius 1 is 1.32 bits per heavy atom. The molecule has 96 valence electrons. The summed E-state index contributed by atoms with van der Waals surface area (Å²) in [5.41, 5.74) is 1.31. The summed E-state index contributed by atoms with van der Waals surface area (Å²) in [5.74, 6) is 0.584. The van der Waals surface area contributed by atoms with E-state index in [0.29, 0.717) is 11.4 Å². The van der Waals surface area contributed by atoms with Gasteiger partial charge in [-0.15, -0.1) is 5.10 Å². The third kappa shape index (κ3) is 2.25. The van der Waals surface area contributed by atoms with Gasteiger partial charge in [0.1, 0.15) is 12.1 Å². The van der Waals surface area contributed by atoms with E-state index in [0.717, 1.165) is 10.9 Å². The number of aliphatic hydroxyl groups excluding tert-OH is 1. The molecule has 1 N–H and O–H groups in total. The molecular formula is C13H12N4O2. The van der Waals surface area contributed by atoms with E-state index < -0.39 is 0 Å². The van der Waals surface area contributed by atoms with E-state index >= 15 is 0 Å². The number of rotatable bonds is 3. The molecule has 0 aliphatic rings. The Morgan fingerprint density at radius 3 is 2.89 bits per heavy atom. The Morgan fingerprint density at radius 2 is 2.16 bits per heavy atom. The molecule has 6 nitrogen and oxygen atoms in total. The SMILES string of the molecule is Cn1cnc(Oc2cc(CO)nc3ccccc23)n1. The van der Waals surface area contributed by atoms with Crippen molar-refractivity contribution in [1.29, 1.82) is 0 Å². The standard InChI is InChI=1S/C13H12N4O2/c1-17-8-14-13(16-17)19-12-6-9(7-18)15-11-5-3-2-4-10(11)12/h2-6,8,18H,7H2,1H3. The van der Waals surface area contributed by atoms with E-state index in [4.69, 9.17) is 4.74 Å². The lowest BCUT2D eigenvalue weighted by Crippen LogP contribution is -1.95. The molecule has 19 heavy (non-hydrogen) atoms. The minimum Gasteiger partial charge on any atom is -0.422 e. The Balaban J connectivity index is 2.10. The Hall–Kier alpha value is -2.47. The zero-order valence-corrected chi connectivity index (χ0v) is 10.3. The van der Waals surface area contributed by atoms with Crippen LogP contribution in [0, 0.1) is 0 Å². The van der Waals surface area contributed by atoms with Gasteiger partial charge in [-0.25, -0.2) is 0 Å². The number of aromatic nitrogens is 4. The van der Waals surface area contributed by atoms with Crippen LogP contribution in [0.1, 0.15) is 5.69 Å². The molecule has 0 saturated heterocycles. The maximum atomic E-state index is 9.24. The van der Waals surface area contributed by atoms with Gasteiger partial charge >= 0.3 is 6.01 Å². The average molecular weight is 256 g/mol. The summed E-state index contributed by atoms with van der Waals surface area (Å²) in [6.07, 6.45) is 1.56. The fourth-order valence-electron chi connectivity index (χ4n) is 1.83. The van der Waals surface area contributed by atoms with E-state index in [1.807, 2.05) is 24.3 Å². The summed E-state index contributed by atoms with van der Waals surface area (Å²) < 4.78 is 7.22. The van der Waals surface area contributed by atoms with Crippen molar-refractivity contribution in [2.75, 3.05) is 0 Å². The number of nitrogens with zero attached hydrogens (tertiary/aromatic N) is 4. The van der Waals surface area contributed by atoms with Crippen LogP contribution in [0.2, 0.25) is 0 Å². The summed E-state index contributed by atoms with van der Waals surface area (Å²) >= 11 is 0. The van der Waals surface area contributed by atoms with Crippen LogP contribution in [0.5, 0.6) is 11.8 Å². The maximum absolute atomic E-state index is 9.24. The van der Waals surface area contributed by atoms with Crippen molar-refractivity contribution in [1.82, 2.24) is 19.7 Å². The average Bonchev–Trinajstić information content (AvgIpc) is 2.84. The number of hydrogen-bond acceptors (Lipinski definition) is 5. The van der Waals surface area contributed by atoms with Crippen LogP contribution >= 0.6 is 0 Å². The highest BCUT2D eigenvalue weighted by Crippen LogP contribution is 2.28. The zero-order valence-electron chi connectivity index (χ0n) is 10.3. The van der Waals surface area contributed by atoms with Gasteiger partial charge in [0.25, 0.3) is 0 Å². The number of ether oxygens (including phenoxy) is 1. The number of para-hydroxylation sites is 1. The molecule has 3 aromatic rings. The summed E-state index contributed by atoms with van der Waals surface area (Å²) in [4.78, 5) is 8.35. The third-order valence-electron chi connectivity index (χ3n) is 2.67. The van der Waals surface area contributed by atoms with Crippen LogP contribution in [-0.4, -0.2) is 24.9 Å². The molecule has 2 heterocycles. The lowest BCUT2D eigenvalue weighted by atomic mass is 10.2. The summed E-state index contributed by atoms with van der Waals surface area (Å²) in [6, 6.07) is 9.52. The first-order chi connectivity index (χ1) is 9.26. The normalized spacial score (nSPS) is 10.8. The van der Waals surface area contributed by atoms with Crippen LogP contribution < -0.4 is 4.74 Å². The molecule has 0 bridgehead atoms. The molecule has 2 aromatic heterocycles. The Labute approximate surface area is 109 Å². The molecule has 6 heteroatoms. The second-order valence-corrected chi connectivity index (χ2v) is 4.09. The molecule has 0 amide bonds. The Bertz CT molecular complexity index is 723. The molecular weight excluding hydrogens is 244 g/mol. The topological polar surface area (TPSA) is 73.1 Å². The van der Waals surface area contributed by atoms with Gasteiger partial charge in [-0.2, -0.15) is 4.98 Å². The molecule has 1 aromatic carbocycles. The van der Waals surface area contributed by atoms with Crippen LogP contribution in [-0.2, 0) is 13.7 Å². The molecule has 0 fully saturated rings. The smallest absolute Gasteiger partial charge is 0.341 e. The van der Waals surface area contributed by atoms with Gasteiger partial charge in [-0.05, 0) is 12.1 Å². The number of fused-ring (bicyclic) bond motifs is 1. The number of hydrogen-bond donors (Lipinski definition) is 1. The van der Waals surface area contributed by atoms with Crippen LogP contribution in [0.4, 0.5) is 0 Å². The second-order valence-electron chi connectivity index (χ2n) is 4.09. The molecule has 0 radical (unpaired) electrons. The van der Waals surface area contributed by atoms with Crippen LogP contribution in [0.15, 0.2) is 36.7 Å². The van der Waals surface area contributed by atoms with Gasteiger partial charge in [0.05, 0.1) is 17.8 Å². The van der Waals surface area contributed by atoms with Crippen molar-refractivity contribution in [3.63, 3.8) is 0 Å². The minimum atomic E-state index is -0.142. The number of aliphatic hydroxyl groups is 1. The number of benzene rings is 1. The second kappa shape index (κ2) is 4.66. The van der Waals surface area contributed by atoms with Crippen molar-refractivity contribution in [3.05, 3.63) is 42.4 Å². The first kappa shape index (κ1) is 11.6. The molecule has 0 atom stereocenters. The first-order valence-electron chi connectivity index (χ1n) is 5.79. The maximum Gasteiger partial charge on any atom is 0.341 e. The van der Waals surface area contributed by atoms with Gasteiger partial charge in [0.15, 0.2) is 0 Å². The van der Waals surface area contributed by atoms with Crippen LogP contribution in [0.3, 0.4) is 0 Å². The van der Waals surface area contributed by atoms with Gasteiger partial charge in [0, 0.05) is 18.5 Å². The Kier molecular flexibility index (Phi) is 2.85. The van der Waals surface area contributed by atoms with Gasteiger partial charge in [-0.1, -0.05) is 12.1 Å². The fraction of sp³-hybridized carbons (Fsp3) is 0.154. The molecule has 0 aliphatic heterocycles. The van der Waals surface area contributed by atoms with Crippen molar-refractivity contribution in [3.8, 4) is 11.8 Å². The molecule has 0 aliphatic carbocycles. The minimum absolute atomic E-state index is 0.142. The summed E-state index contributed by atoms with van der Waals surface area (Å²) in [7, 11) is 1.77. The van der Waals surface area contributed by atoms with Crippen molar-refractivity contribution < 1.29 is 9.84 Å². The molecule has 0 saturated carbocycles. The quantitative estimate of drug-likeness (QED) is 0.771. The predicted octanol–water partition coefficient (Wildman–Crippen LogP) is 1.65. The van der Waals surface area contributed by atoms with E-state index in [1.54, 1.807) is 24.1 Å². The van der Waals surface area contributed by atoms with Gasteiger partial charge < -0.3 is 9.84 Å². The summed E-state index contributed by atoms with van der Waals surface area (Å²) in [5, 5.41) is 14.2. The fourth-order valence-corrected chi connectivity index (χ4v) is 1.83. The highest BCUT2D eigenvalue weighted by Gasteiger charge is 2.09. The lowest BCUT2D eigenvalue weighted by Gasteiger charge is -2.07. The monoisotopic (exact) mass is 256 g/mol. The van der Waals surface area contributed by atoms with E-state index in [1.165, 1.54) is 0 Å². The highest BCUT2D eigenvalue weighted by molar-refractivity contribution is 5.85. The molecule has 3 rings (SSSR count). The van der Waals surface area contributed by atoms with Crippen molar-refractivity contribution in [2.24, 2.45) is 7.05 Å². The highest BCUT2D eigenvalue weighted by atomic mass is 16.5. The van der Waals surface area contributed by atoms with Gasteiger partial charge in [0.2, 0.25) is 0 Å². The lowest BCUT2D eigenvalue weighted by molar-refractivity contribution is 0.276. The van der Waals surface area contributed by atoms with E-state index in [2.05, 4.69) is 15.1 Å². The van der Waals surface area contributed by atoms with Crippen LogP contribution in [0.25, 0.3) is 10.9 Å². The summed E-state index contributed by atoms with van der Waals surface area (Å²) in [6.45, 7) is -0.142. The molecule has 0 spiro atoms. The third-order valence-corrected chi connectivity index (χ3v) is 2.67. The number of aryl methyl sites for hydroxylation is 1. The first-order valence-corrected chi connectivity index (χ1v) is 5.79. The molecule has 0 unspecified atom stereocenters.